The lowest BCUT2D eigenvalue weighted by molar-refractivity contribution is 0.0600. The molecule has 0 aliphatic rings. The maximum atomic E-state index is 12.4. The first kappa shape index (κ1) is 18.5. The van der Waals surface area contributed by atoms with E-state index < -0.39 is 16.0 Å². The Kier molecular flexibility index (Phi) is 5.43. The molecule has 0 aliphatic carbocycles. The zero-order valence-electron chi connectivity index (χ0n) is 14.0. The number of esters is 1. The van der Waals surface area contributed by atoms with Crippen molar-refractivity contribution < 1.29 is 22.7 Å². The van der Waals surface area contributed by atoms with Gasteiger partial charge in [-0.1, -0.05) is 0 Å². The molecule has 2 aromatic carbocycles. The number of nitrogens with zero attached hydrogens (tertiary/aromatic N) is 1. The van der Waals surface area contributed by atoms with E-state index in [1.807, 2.05) is 0 Å². The van der Waals surface area contributed by atoms with Crippen molar-refractivity contribution in [2.75, 3.05) is 25.9 Å². The lowest BCUT2D eigenvalue weighted by Crippen LogP contribution is -2.21. The number of carbonyl (C=O) groups excluding carboxylic acids is 2. The van der Waals surface area contributed by atoms with E-state index in [1.54, 1.807) is 14.1 Å². The molecule has 8 heteroatoms. The lowest BCUT2D eigenvalue weighted by Gasteiger charge is -2.11. The highest BCUT2D eigenvalue weighted by molar-refractivity contribution is 7.92. The molecule has 0 bridgehead atoms. The molecule has 0 aliphatic heterocycles. The van der Waals surface area contributed by atoms with Crippen LogP contribution in [0, 0.1) is 0 Å². The topological polar surface area (TPSA) is 92.8 Å². The molecule has 7 nitrogen and oxygen atoms in total. The van der Waals surface area contributed by atoms with Gasteiger partial charge in [0.1, 0.15) is 0 Å². The summed E-state index contributed by atoms with van der Waals surface area (Å²) in [6, 6.07) is 11.5. The van der Waals surface area contributed by atoms with E-state index >= 15 is 0 Å². The summed E-state index contributed by atoms with van der Waals surface area (Å²) in [5.74, 6) is -0.717. The second kappa shape index (κ2) is 7.35. The Labute approximate surface area is 146 Å². The van der Waals surface area contributed by atoms with Crippen molar-refractivity contribution in [2.45, 2.75) is 4.90 Å². The summed E-state index contributed by atoms with van der Waals surface area (Å²) in [4.78, 5) is 24.6. The van der Waals surface area contributed by atoms with Gasteiger partial charge in [0.05, 0.1) is 17.6 Å². The van der Waals surface area contributed by atoms with Gasteiger partial charge >= 0.3 is 5.97 Å². The van der Waals surface area contributed by atoms with Crippen LogP contribution in [0.25, 0.3) is 0 Å². The second-order valence-electron chi connectivity index (χ2n) is 5.40. The number of hydrogen-bond donors (Lipinski definition) is 1. The number of sulfonamides is 1. The largest absolute Gasteiger partial charge is 0.465 e. The molecule has 1 amide bonds. The number of carbonyl (C=O) groups is 2. The first-order valence-electron chi connectivity index (χ1n) is 7.27. The van der Waals surface area contributed by atoms with E-state index in [4.69, 9.17) is 0 Å². The molecule has 0 fully saturated rings. The van der Waals surface area contributed by atoms with E-state index in [9.17, 15) is 18.0 Å². The number of rotatable bonds is 5. The Balaban J connectivity index is 2.18. The quantitative estimate of drug-likeness (QED) is 0.821. The molecule has 25 heavy (non-hydrogen) atoms. The number of methoxy groups -OCH3 is 1. The van der Waals surface area contributed by atoms with Crippen molar-refractivity contribution in [3.05, 3.63) is 59.7 Å². The minimum atomic E-state index is -3.81. The summed E-state index contributed by atoms with van der Waals surface area (Å²) in [7, 11) is 0.697. The highest BCUT2D eigenvalue weighted by atomic mass is 32.2. The fourth-order valence-corrected chi connectivity index (χ4v) is 3.10. The van der Waals surface area contributed by atoms with Crippen molar-refractivity contribution in [1.82, 2.24) is 4.90 Å². The smallest absolute Gasteiger partial charge is 0.337 e. The second-order valence-corrected chi connectivity index (χ2v) is 7.08. The van der Waals surface area contributed by atoms with Crippen molar-refractivity contribution >= 4 is 27.6 Å². The Morgan fingerprint density at radius 1 is 0.920 bits per heavy atom. The van der Waals surface area contributed by atoms with Crippen LogP contribution in [0.1, 0.15) is 20.7 Å². The molecule has 2 aromatic rings. The third-order valence-electron chi connectivity index (χ3n) is 3.38. The van der Waals surface area contributed by atoms with Gasteiger partial charge in [0, 0.05) is 25.3 Å². The van der Waals surface area contributed by atoms with Gasteiger partial charge < -0.3 is 9.64 Å². The Hall–Kier alpha value is -2.87. The van der Waals surface area contributed by atoms with Gasteiger partial charge in [-0.3, -0.25) is 9.52 Å². The van der Waals surface area contributed by atoms with Gasteiger partial charge in [0.25, 0.3) is 15.9 Å². The number of benzene rings is 2. The predicted octanol–water partition coefficient (Wildman–Crippen LogP) is 1.98. The number of amides is 1. The van der Waals surface area contributed by atoms with Crippen LogP contribution in [0.4, 0.5) is 5.69 Å². The average Bonchev–Trinajstić information content (AvgIpc) is 2.60. The fourth-order valence-electron chi connectivity index (χ4n) is 2.04. The molecule has 0 unspecified atom stereocenters. The molecule has 1 N–H and O–H groups in total. The molecule has 0 saturated heterocycles. The van der Waals surface area contributed by atoms with E-state index in [0.29, 0.717) is 16.8 Å². The molecule has 2 rings (SSSR count). The van der Waals surface area contributed by atoms with E-state index in [-0.39, 0.29) is 10.8 Å². The van der Waals surface area contributed by atoms with Gasteiger partial charge in [-0.25, -0.2) is 13.2 Å². The summed E-state index contributed by atoms with van der Waals surface area (Å²) >= 11 is 0. The number of nitrogens with one attached hydrogen (secondary N) is 1. The molecule has 0 atom stereocenters. The maximum absolute atomic E-state index is 12.4. The highest BCUT2D eigenvalue weighted by Crippen LogP contribution is 2.18. The van der Waals surface area contributed by atoms with Crippen molar-refractivity contribution in [3.63, 3.8) is 0 Å². The van der Waals surface area contributed by atoms with Crippen molar-refractivity contribution in [1.29, 1.82) is 0 Å². The Morgan fingerprint density at radius 2 is 1.44 bits per heavy atom. The zero-order valence-corrected chi connectivity index (χ0v) is 14.8. The maximum Gasteiger partial charge on any atom is 0.337 e. The molecule has 132 valence electrons. The Bertz CT molecular complexity index is 872. The molecule has 0 aromatic heterocycles. The molecule has 0 saturated carbocycles. The summed E-state index contributed by atoms with van der Waals surface area (Å²) < 4.78 is 31.8. The SMILES string of the molecule is COC(=O)c1ccc(NS(=O)(=O)c2ccc(C(=O)N(C)C)cc2)cc1. The summed E-state index contributed by atoms with van der Waals surface area (Å²) in [5.41, 5.74) is 1.02. The zero-order chi connectivity index (χ0) is 18.6. The van der Waals surface area contributed by atoms with Gasteiger partial charge in [-0.05, 0) is 48.5 Å². The number of anilines is 1. The third kappa shape index (κ3) is 4.36. The van der Waals surface area contributed by atoms with Crippen LogP contribution in [0.5, 0.6) is 0 Å². The van der Waals surface area contributed by atoms with Crippen LogP contribution in [-0.2, 0) is 14.8 Å². The van der Waals surface area contributed by atoms with Crippen LogP contribution in [0.2, 0.25) is 0 Å². The van der Waals surface area contributed by atoms with Crippen molar-refractivity contribution in [2.24, 2.45) is 0 Å². The number of ether oxygens (including phenoxy) is 1. The van der Waals surface area contributed by atoms with E-state index in [2.05, 4.69) is 9.46 Å². The molecule has 0 radical (unpaired) electrons. The molecular formula is C17H18N2O5S. The molecule has 0 spiro atoms. The minimum absolute atomic E-state index is 0.0276. The summed E-state index contributed by atoms with van der Waals surface area (Å²) in [6.07, 6.45) is 0. The van der Waals surface area contributed by atoms with Gasteiger partial charge in [0.2, 0.25) is 0 Å². The van der Waals surface area contributed by atoms with Crippen LogP contribution < -0.4 is 4.72 Å². The minimum Gasteiger partial charge on any atom is -0.465 e. The van der Waals surface area contributed by atoms with Crippen LogP contribution in [-0.4, -0.2) is 46.4 Å². The Morgan fingerprint density at radius 3 is 1.92 bits per heavy atom. The first-order chi connectivity index (χ1) is 11.7. The number of hydrogen-bond acceptors (Lipinski definition) is 5. The predicted molar refractivity (Wildman–Crippen MR) is 93.0 cm³/mol. The van der Waals surface area contributed by atoms with Crippen LogP contribution in [0.3, 0.4) is 0 Å². The van der Waals surface area contributed by atoms with Gasteiger partial charge in [0.15, 0.2) is 0 Å². The monoisotopic (exact) mass is 362 g/mol. The average molecular weight is 362 g/mol. The summed E-state index contributed by atoms with van der Waals surface area (Å²) in [5, 5.41) is 0. The van der Waals surface area contributed by atoms with E-state index in [0.717, 1.165) is 0 Å². The van der Waals surface area contributed by atoms with Gasteiger partial charge in [-0.2, -0.15) is 0 Å². The van der Waals surface area contributed by atoms with Gasteiger partial charge in [-0.15, -0.1) is 0 Å². The fraction of sp³-hybridized carbons (Fsp3) is 0.176. The third-order valence-corrected chi connectivity index (χ3v) is 4.77. The molecular weight excluding hydrogens is 344 g/mol. The highest BCUT2D eigenvalue weighted by Gasteiger charge is 2.16. The van der Waals surface area contributed by atoms with Crippen molar-refractivity contribution in [3.8, 4) is 0 Å². The summed E-state index contributed by atoms with van der Waals surface area (Å²) in [6.45, 7) is 0. The van der Waals surface area contributed by atoms with E-state index in [1.165, 1.54) is 60.5 Å². The molecule has 0 heterocycles. The van der Waals surface area contributed by atoms with Crippen LogP contribution >= 0.6 is 0 Å². The normalized spacial score (nSPS) is 10.8. The lowest BCUT2D eigenvalue weighted by atomic mass is 10.2. The first-order valence-corrected chi connectivity index (χ1v) is 8.76. The standard InChI is InChI=1S/C17H18N2O5S/c1-19(2)16(20)12-6-10-15(11-7-12)25(22,23)18-14-8-4-13(5-9-14)17(21)24-3/h4-11,18H,1-3H3. The van der Waals surface area contributed by atoms with Crippen LogP contribution in [0.15, 0.2) is 53.4 Å².